The Morgan fingerprint density at radius 2 is 1.65 bits per heavy atom. The van der Waals surface area contributed by atoms with Gasteiger partial charge in [-0.05, 0) is 95.7 Å². The van der Waals surface area contributed by atoms with E-state index in [1.165, 1.54) is 36.8 Å². The molecule has 0 bridgehead atoms. The molecule has 2 fully saturated rings. The van der Waals surface area contributed by atoms with Gasteiger partial charge in [0.15, 0.2) is 0 Å². The topological polar surface area (TPSA) is 37.3 Å². The number of aromatic carboxylic acids is 1. The molecule has 2 aromatic carbocycles. The minimum atomic E-state index is -0.859. The molecule has 0 aromatic heterocycles. The summed E-state index contributed by atoms with van der Waals surface area (Å²) in [6.45, 7) is 11.9. The normalized spacial score (nSPS) is 28.8. The van der Waals surface area contributed by atoms with Crippen molar-refractivity contribution in [3.05, 3.63) is 75.4 Å². The maximum Gasteiger partial charge on any atom is 0.335 e. The van der Waals surface area contributed by atoms with E-state index in [0.717, 1.165) is 12.0 Å². The van der Waals surface area contributed by atoms with Crippen molar-refractivity contribution in [2.24, 2.45) is 5.92 Å². The summed E-state index contributed by atoms with van der Waals surface area (Å²) >= 11 is 0. The summed E-state index contributed by atoms with van der Waals surface area (Å²) < 4.78 is 0. The quantitative estimate of drug-likeness (QED) is 0.578. The van der Waals surface area contributed by atoms with E-state index in [2.05, 4.69) is 52.8 Å². The number of hydrogen-bond donors (Lipinski definition) is 1. The van der Waals surface area contributed by atoms with E-state index < -0.39 is 5.97 Å². The lowest BCUT2D eigenvalue weighted by atomic mass is 9.62. The van der Waals surface area contributed by atoms with Crippen LogP contribution in [-0.2, 0) is 16.2 Å². The van der Waals surface area contributed by atoms with Gasteiger partial charge in [-0.2, -0.15) is 0 Å². The number of rotatable bonds is 3. The van der Waals surface area contributed by atoms with Crippen LogP contribution in [0, 0.1) is 12.8 Å². The second-order valence-electron chi connectivity index (χ2n) is 11.5. The van der Waals surface area contributed by atoms with Crippen LogP contribution in [0.5, 0.6) is 0 Å². The van der Waals surface area contributed by atoms with Crippen LogP contribution in [0.15, 0.2) is 42.0 Å². The van der Waals surface area contributed by atoms with Crippen LogP contribution in [0.1, 0.15) is 98.0 Å². The summed E-state index contributed by atoms with van der Waals surface area (Å²) in [5.74, 6) is -0.250. The molecule has 3 aliphatic rings. The second-order valence-corrected chi connectivity index (χ2v) is 11.5. The van der Waals surface area contributed by atoms with Crippen molar-refractivity contribution < 1.29 is 9.90 Å². The molecule has 2 nitrogen and oxygen atoms in total. The molecule has 2 atom stereocenters. The van der Waals surface area contributed by atoms with Crippen LogP contribution in [0.25, 0.3) is 6.08 Å². The molecule has 2 unspecified atom stereocenters. The predicted octanol–water partition coefficient (Wildman–Crippen LogP) is 7.18. The third kappa shape index (κ3) is 3.18. The number of allylic oxidation sites excluding steroid dienone is 1. The van der Waals surface area contributed by atoms with Crippen LogP contribution < -0.4 is 0 Å². The lowest BCUT2D eigenvalue weighted by molar-refractivity contribution is 0.0697. The molecule has 5 rings (SSSR count). The average molecular weight is 415 g/mol. The van der Waals surface area contributed by atoms with Gasteiger partial charge in [0.2, 0.25) is 0 Å². The lowest BCUT2D eigenvalue weighted by Crippen LogP contribution is -2.34. The molecular weight excluding hydrogens is 380 g/mol. The van der Waals surface area contributed by atoms with Gasteiger partial charge in [-0.15, -0.1) is 0 Å². The van der Waals surface area contributed by atoms with Crippen LogP contribution in [0.4, 0.5) is 0 Å². The number of carbonyl (C=O) groups is 1. The largest absolute Gasteiger partial charge is 0.478 e. The first-order valence-corrected chi connectivity index (χ1v) is 11.7. The highest BCUT2D eigenvalue weighted by Gasteiger charge is 2.60. The molecule has 2 heteroatoms. The van der Waals surface area contributed by atoms with Crippen molar-refractivity contribution in [1.29, 1.82) is 0 Å². The van der Waals surface area contributed by atoms with Gasteiger partial charge in [0.05, 0.1) is 5.56 Å². The Morgan fingerprint density at radius 3 is 2.29 bits per heavy atom. The van der Waals surface area contributed by atoms with Crippen LogP contribution >= 0.6 is 0 Å². The van der Waals surface area contributed by atoms with Crippen molar-refractivity contribution in [1.82, 2.24) is 0 Å². The van der Waals surface area contributed by atoms with Crippen molar-refractivity contribution >= 4 is 12.0 Å². The van der Waals surface area contributed by atoms with Gasteiger partial charge in [0.1, 0.15) is 0 Å². The van der Waals surface area contributed by atoms with E-state index in [1.54, 1.807) is 28.8 Å². The van der Waals surface area contributed by atoms with Gasteiger partial charge >= 0.3 is 5.97 Å². The van der Waals surface area contributed by atoms with E-state index in [1.807, 2.05) is 12.1 Å². The number of carboxylic acids is 1. The van der Waals surface area contributed by atoms with E-state index in [4.69, 9.17) is 0 Å². The summed E-state index contributed by atoms with van der Waals surface area (Å²) in [5.41, 5.74) is 9.83. The molecule has 2 aromatic rings. The summed E-state index contributed by atoms with van der Waals surface area (Å²) in [7, 11) is 0. The molecule has 0 amide bonds. The maximum absolute atomic E-state index is 11.3. The van der Waals surface area contributed by atoms with Crippen LogP contribution in [0.2, 0.25) is 0 Å². The van der Waals surface area contributed by atoms with Crippen molar-refractivity contribution in [2.45, 2.75) is 83.0 Å². The smallest absolute Gasteiger partial charge is 0.335 e. The monoisotopic (exact) mass is 414 g/mol. The van der Waals surface area contributed by atoms with Gasteiger partial charge < -0.3 is 5.11 Å². The van der Waals surface area contributed by atoms with Crippen molar-refractivity contribution in [2.75, 3.05) is 0 Å². The van der Waals surface area contributed by atoms with Gasteiger partial charge in [-0.3, -0.25) is 0 Å². The molecule has 1 N–H and O–H groups in total. The lowest BCUT2D eigenvalue weighted by Gasteiger charge is -2.43. The summed E-state index contributed by atoms with van der Waals surface area (Å²) in [5, 5.41) is 9.31. The third-order valence-corrected chi connectivity index (χ3v) is 8.60. The molecule has 0 radical (unpaired) electrons. The fourth-order valence-electron chi connectivity index (χ4n) is 6.45. The standard InChI is InChI=1S/C29H34O2/c1-18-13-23-24(28(4,5)12-11-27(23,2)3)16-22(18)29-10-9-20(25(29)17-29)14-19-7-6-8-21(15-19)26(30)31/h6-8,13-16,25H,9-12,17H2,1-5H3,(H,30,31)/b20-14-. The zero-order valence-electron chi connectivity index (χ0n) is 19.5. The number of aryl methyl sites for hydroxylation is 1. The zero-order chi connectivity index (χ0) is 22.2. The number of benzene rings is 2. The van der Waals surface area contributed by atoms with Gasteiger partial charge in [-0.25, -0.2) is 4.79 Å². The third-order valence-electron chi connectivity index (χ3n) is 8.60. The Kier molecular flexibility index (Phi) is 4.36. The zero-order valence-corrected chi connectivity index (χ0v) is 19.5. The van der Waals surface area contributed by atoms with E-state index in [0.29, 0.717) is 16.9 Å². The Bertz CT molecular complexity index is 1120. The number of hydrogen-bond acceptors (Lipinski definition) is 1. The first-order chi connectivity index (χ1) is 14.5. The van der Waals surface area contributed by atoms with E-state index in [9.17, 15) is 9.90 Å². The second kappa shape index (κ2) is 6.58. The minimum absolute atomic E-state index is 0.239. The SMILES string of the molecule is Cc1cc2c(cc1C13CC/C(=C/c4cccc(C(=O)O)c4)C1C3)C(C)(C)CCC2(C)C. The average Bonchev–Trinajstić information content (AvgIpc) is 3.35. The fourth-order valence-corrected chi connectivity index (χ4v) is 6.45. The first kappa shape index (κ1) is 20.5. The Balaban J connectivity index is 1.51. The molecule has 31 heavy (non-hydrogen) atoms. The predicted molar refractivity (Wildman–Crippen MR) is 127 cm³/mol. The molecular formula is C29H34O2. The van der Waals surface area contributed by atoms with Gasteiger partial charge in [0, 0.05) is 5.41 Å². The fraction of sp³-hybridized carbons (Fsp3) is 0.483. The Morgan fingerprint density at radius 1 is 0.968 bits per heavy atom. The van der Waals surface area contributed by atoms with Gasteiger partial charge in [-0.1, -0.05) is 63.6 Å². The summed E-state index contributed by atoms with van der Waals surface area (Å²) in [4.78, 5) is 11.3. The van der Waals surface area contributed by atoms with Gasteiger partial charge in [0.25, 0.3) is 0 Å². The molecule has 0 aliphatic heterocycles. The first-order valence-electron chi connectivity index (χ1n) is 11.7. The van der Waals surface area contributed by atoms with Crippen molar-refractivity contribution in [3.63, 3.8) is 0 Å². The number of fused-ring (bicyclic) bond motifs is 2. The molecule has 162 valence electrons. The number of carboxylic acid groups (broad SMARTS) is 1. The van der Waals surface area contributed by atoms with Crippen LogP contribution in [-0.4, -0.2) is 11.1 Å². The summed E-state index contributed by atoms with van der Waals surface area (Å²) in [6.07, 6.45) is 8.32. The Hall–Kier alpha value is -2.35. The highest BCUT2D eigenvalue weighted by atomic mass is 16.4. The highest BCUT2D eigenvalue weighted by Crippen LogP contribution is 2.68. The van der Waals surface area contributed by atoms with E-state index >= 15 is 0 Å². The molecule has 0 heterocycles. The minimum Gasteiger partial charge on any atom is -0.478 e. The molecule has 2 saturated carbocycles. The van der Waals surface area contributed by atoms with E-state index in [-0.39, 0.29) is 10.8 Å². The van der Waals surface area contributed by atoms with Crippen LogP contribution in [0.3, 0.4) is 0 Å². The Labute approximate surface area is 186 Å². The molecule has 0 saturated heterocycles. The molecule has 0 spiro atoms. The maximum atomic E-state index is 11.3. The highest BCUT2D eigenvalue weighted by molar-refractivity contribution is 5.88. The van der Waals surface area contributed by atoms with Crippen molar-refractivity contribution in [3.8, 4) is 0 Å². The summed E-state index contributed by atoms with van der Waals surface area (Å²) in [6, 6.07) is 12.4. The molecule has 3 aliphatic carbocycles.